The molecule has 0 aromatic carbocycles. The maximum absolute atomic E-state index is 10.7. The number of oxime groups is 1. The standard InChI is InChI=1S/C5H9NO2S/c7-6-5-1-3-9(8)4-2-5/h7H,1-4H2. The molecule has 1 rings (SSSR count). The molecular formula is C5H9NO2S. The highest BCUT2D eigenvalue weighted by molar-refractivity contribution is 7.85. The zero-order valence-electron chi connectivity index (χ0n) is 5.04. The molecule has 1 aliphatic heterocycles. The van der Waals surface area contributed by atoms with Gasteiger partial charge in [-0.05, 0) is 0 Å². The lowest BCUT2D eigenvalue weighted by molar-refractivity contribution is 0.316. The Balaban J connectivity index is 2.44. The molecule has 1 fully saturated rings. The SMILES string of the molecule is O=S1CCC(=NO)CC1. The normalized spacial score (nSPS) is 28.0. The van der Waals surface area contributed by atoms with Crippen molar-refractivity contribution in [3.63, 3.8) is 0 Å². The van der Waals surface area contributed by atoms with Crippen LogP contribution in [0.1, 0.15) is 12.8 Å². The van der Waals surface area contributed by atoms with Crippen molar-refractivity contribution < 1.29 is 9.42 Å². The Labute approximate surface area is 56.2 Å². The quantitative estimate of drug-likeness (QED) is 0.397. The summed E-state index contributed by atoms with van der Waals surface area (Å²) in [6, 6.07) is 0. The first kappa shape index (κ1) is 6.74. The molecule has 1 heterocycles. The maximum Gasteiger partial charge on any atom is 0.0589 e. The van der Waals surface area contributed by atoms with Gasteiger partial charge in [0.2, 0.25) is 0 Å². The molecular weight excluding hydrogens is 138 g/mol. The monoisotopic (exact) mass is 147 g/mol. The summed E-state index contributed by atoms with van der Waals surface area (Å²) in [6.45, 7) is 0. The van der Waals surface area contributed by atoms with Crippen molar-refractivity contribution >= 4 is 16.5 Å². The van der Waals surface area contributed by atoms with Crippen LogP contribution in [-0.2, 0) is 10.8 Å². The van der Waals surface area contributed by atoms with Gasteiger partial charge in [0.15, 0.2) is 0 Å². The summed E-state index contributed by atoms with van der Waals surface area (Å²) in [5.41, 5.74) is 0.787. The van der Waals surface area contributed by atoms with E-state index in [2.05, 4.69) is 5.16 Å². The van der Waals surface area contributed by atoms with Crippen molar-refractivity contribution in [3.8, 4) is 0 Å². The maximum atomic E-state index is 10.7. The van der Waals surface area contributed by atoms with Crippen LogP contribution in [-0.4, -0.2) is 26.6 Å². The van der Waals surface area contributed by atoms with Crippen molar-refractivity contribution in [3.05, 3.63) is 0 Å². The van der Waals surface area contributed by atoms with E-state index in [1.54, 1.807) is 0 Å². The van der Waals surface area contributed by atoms with Crippen molar-refractivity contribution in [2.24, 2.45) is 5.16 Å². The lowest BCUT2D eigenvalue weighted by Gasteiger charge is -2.09. The fourth-order valence-corrected chi connectivity index (χ4v) is 1.92. The van der Waals surface area contributed by atoms with Gasteiger partial charge in [0.1, 0.15) is 0 Å². The van der Waals surface area contributed by atoms with Crippen LogP contribution in [0.3, 0.4) is 0 Å². The van der Waals surface area contributed by atoms with Crippen molar-refractivity contribution in [2.75, 3.05) is 11.5 Å². The van der Waals surface area contributed by atoms with Gasteiger partial charge < -0.3 is 5.21 Å². The van der Waals surface area contributed by atoms with Crippen LogP contribution in [0.2, 0.25) is 0 Å². The Kier molecular flexibility index (Phi) is 2.22. The Bertz CT molecular complexity index is 143. The average molecular weight is 147 g/mol. The second-order valence-corrected chi connectivity index (χ2v) is 3.71. The largest absolute Gasteiger partial charge is 0.411 e. The first-order valence-electron chi connectivity index (χ1n) is 2.87. The highest BCUT2D eigenvalue weighted by atomic mass is 32.2. The van der Waals surface area contributed by atoms with E-state index in [-0.39, 0.29) is 0 Å². The molecule has 52 valence electrons. The van der Waals surface area contributed by atoms with Gasteiger partial charge in [-0.25, -0.2) is 0 Å². The molecule has 0 radical (unpaired) electrons. The minimum atomic E-state index is -0.654. The van der Waals surface area contributed by atoms with Gasteiger partial charge in [0.05, 0.1) is 5.71 Å². The van der Waals surface area contributed by atoms with Crippen LogP contribution >= 0.6 is 0 Å². The zero-order valence-corrected chi connectivity index (χ0v) is 5.86. The third-order valence-electron chi connectivity index (χ3n) is 1.38. The minimum Gasteiger partial charge on any atom is -0.411 e. The number of hydrogen-bond donors (Lipinski definition) is 1. The molecule has 1 aliphatic rings. The summed E-state index contributed by atoms with van der Waals surface area (Å²) < 4.78 is 10.7. The van der Waals surface area contributed by atoms with Crippen LogP contribution in [0.5, 0.6) is 0 Å². The topological polar surface area (TPSA) is 49.7 Å². The Morgan fingerprint density at radius 1 is 1.44 bits per heavy atom. The third-order valence-corrected chi connectivity index (χ3v) is 2.70. The molecule has 0 amide bonds. The summed E-state index contributed by atoms with van der Waals surface area (Å²) >= 11 is 0. The van der Waals surface area contributed by atoms with Crippen LogP contribution in [0, 0.1) is 0 Å². The fraction of sp³-hybridized carbons (Fsp3) is 0.800. The van der Waals surface area contributed by atoms with Gasteiger partial charge in [-0.2, -0.15) is 0 Å². The molecule has 0 aromatic heterocycles. The summed E-state index contributed by atoms with van der Waals surface area (Å²) in [4.78, 5) is 0. The lowest BCUT2D eigenvalue weighted by Crippen LogP contribution is -2.17. The average Bonchev–Trinajstić information content (AvgIpc) is 1.90. The smallest absolute Gasteiger partial charge is 0.0589 e. The Morgan fingerprint density at radius 2 is 2.00 bits per heavy atom. The molecule has 3 nitrogen and oxygen atoms in total. The van der Waals surface area contributed by atoms with Gasteiger partial charge >= 0.3 is 0 Å². The molecule has 0 saturated carbocycles. The van der Waals surface area contributed by atoms with Gasteiger partial charge in [-0.15, -0.1) is 0 Å². The molecule has 9 heavy (non-hydrogen) atoms. The summed E-state index contributed by atoms with van der Waals surface area (Å²) in [5, 5.41) is 11.3. The molecule has 1 saturated heterocycles. The second kappa shape index (κ2) is 2.96. The molecule has 4 heteroatoms. The van der Waals surface area contributed by atoms with E-state index >= 15 is 0 Å². The van der Waals surface area contributed by atoms with Crippen molar-refractivity contribution in [1.82, 2.24) is 0 Å². The Morgan fingerprint density at radius 3 is 2.44 bits per heavy atom. The molecule has 0 spiro atoms. The van der Waals surface area contributed by atoms with Gasteiger partial charge in [-0.3, -0.25) is 4.21 Å². The van der Waals surface area contributed by atoms with Crippen LogP contribution in [0.25, 0.3) is 0 Å². The molecule has 0 atom stereocenters. The van der Waals surface area contributed by atoms with Crippen molar-refractivity contribution in [2.45, 2.75) is 12.8 Å². The summed E-state index contributed by atoms with van der Waals surface area (Å²) in [6.07, 6.45) is 1.40. The Hall–Kier alpha value is -0.380. The van der Waals surface area contributed by atoms with E-state index in [0.29, 0.717) is 24.3 Å². The third kappa shape index (κ3) is 1.78. The van der Waals surface area contributed by atoms with Crippen LogP contribution < -0.4 is 0 Å². The fourth-order valence-electron chi connectivity index (χ4n) is 0.790. The highest BCUT2D eigenvalue weighted by Crippen LogP contribution is 2.04. The first-order chi connectivity index (χ1) is 4.33. The molecule has 0 unspecified atom stereocenters. The van der Waals surface area contributed by atoms with E-state index in [1.165, 1.54) is 0 Å². The minimum absolute atomic E-state index is 0.654. The lowest BCUT2D eigenvalue weighted by atomic mass is 10.2. The molecule has 0 bridgehead atoms. The van der Waals surface area contributed by atoms with E-state index in [0.717, 1.165) is 5.71 Å². The number of nitrogens with zero attached hydrogens (tertiary/aromatic N) is 1. The van der Waals surface area contributed by atoms with Gasteiger partial charge in [0.25, 0.3) is 0 Å². The highest BCUT2D eigenvalue weighted by Gasteiger charge is 2.11. The first-order valence-corrected chi connectivity index (χ1v) is 4.36. The van der Waals surface area contributed by atoms with E-state index in [1.807, 2.05) is 0 Å². The van der Waals surface area contributed by atoms with E-state index < -0.39 is 10.8 Å². The van der Waals surface area contributed by atoms with Gasteiger partial charge in [0, 0.05) is 35.1 Å². The number of rotatable bonds is 0. The molecule has 0 aliphatic carbocycles. The molecule has 1 N–H and O–H groups in total. The van der Waals surface area contributed by atoms with Crippen molar-refractivity contribution in [1.29, 1.82) is 0 Å². The van der Waals surface area contributed by atoms with Crippen LogP contribution in [0.4, 0.5) is 0 Å². The number of hydrogen-bond acceptors (Lipinski definition) is 3. The predicted molar refractivity (Wildman–Crippen MR) is 36.3 cm³/mol. The summed E-state index contributed by atoms with van der Waals surface area (Å²) in [7, 11) is -0.654. The predicted octanol–water partition coefficient (Wildman–Crippen LogP) is 0.359. The second-order valence-electron chi connectivity index (χ2n) is 2.01. The van der Waals surface area contributed by atoms with E-state index in [4.69, 9.17) is 5.21 Å². The van der Waals surface area contributed by atoms with Crippen LogP contribution in [0.15, 0.2) is 5.16 Å². The zero-order chi connectivity index (χ0) is 6.69. The molecule has 0 aromatic rings. The van der Waals surface area contributed by atoms with E-state index in [9.17, 15) is 4.21 Å². The summed E-state index contributed by atoms with van der Waals surface area (Å²) in [5.74, 6) is 1.33. The van der Waals surface area contributed by atoms with Gasteiger partial charge in [-0.1, -0.05) is 5.16 Å².